The van der Waals surface area contributed by atoms with Crippen molar-refractivity contribution in [2.24, 2.45) is 0 Å². The lowest BCUT2D eigenvalue weighted by atomic mass is 9.87. The average Bonchev–Trinajstić information content (AvgIpc) is 2.99. The topological polar surface area (TPSA) is 67.9 Å². The van der Waals surface area contributed by atoms with Crippen molar-refractivity contribution in [1.29, 1.82) is 0 Å². The first kappa shape index (κ1) is 22.2. The Morgan fingerprint density at radius 1 is 1.30 bits per heavy atom. The summed E-state index contributed by atoms with van der Waals surface area (Å²) in [5.74, 6) is 0.365. The molecule has 0 aliphatic carbocycles. The normalized spacial score (nSPS) is 25.4. The molecule has 0 saturated heterocycles. The van der Waals surface area contributed by atoms with E-state index in [9.17, 15) is 9.59 Å². The van der Waals surface area contributed by atoms with Crippen molar-refractivity contribution >= 4 is 33.6 Å². The molecule has 1 spiro atoms. The Bertz CT molecular complexity index is 930. The fraction of sp³-hybridized carbons (Fsp3) is 0.391. The summed E-state index contributed by atoms with van der Waals surface area (Å²) in [4.78, 5) is 28.3. The monoisotopic (exact) mass is 474 g/mol. The Morgan fingerprint density at radius 2 is 2.07 bits per heavy atom. The first-order chi connectivity index (χ1) is 14.2. The lowest BCUT2D eigenvalue weighted by Crippen LogP contribution is -2.59. The van der Waals surface area contributed by atoms with Gasteiger partial charge in [-0.15, -0.1) is 0 Å². The number of ether oxygens (including phenoxy) is 2. The van der Waals surface area contributed by atoms with E-state index in [2.05, 4.69) is 21.2 Å². The minimum atomic E-state index is -1.11. The number of anilines is 1. The molecule has 2 aliphatic heterocycles. The van der Waals surface area contributed by atoms with Crippen LogP contribution in [0.25, 0.3) is 0 Å². The zero-order valence-electron chi connectivity index (χ0n) is 17.7. The molecule has 2 amide bonds. The van der Waals surface area contributed by atoms with Crippen LogP contribution in [0.4, 0.5) is 10.5 Å². The molecule has 0 aromatic heterocycles. The number of amides is 2. The standard InChI is InChI=1S/C23H27BrN2O4/c1-22(2,3)30-21(28)26-19-14-18(29-4)11-10-16(19)15-23(26)12-6-5-8-17(24)9-7-13-25-20(23)27/h5,7-11,13-14H,6,12,15H2,1-4H3,(H,25,27)/b8-5-,13-7+,17-9+. The van der Waals surface area contributed by atoms with Crippen LogP contribution in [0.15, 0.2) is 53.2 Å². The molecule has 30 heavy (non-hydrogen) atoms. The minimum absolute atomic E-state index is 0.250. The van der Waals surface area contributed by atoms with Crippen LogP contribution in [0, 0.1) is 0 Å². The number of nitrogens with zero attached hydrogens (tertiary/aromatic N) is 1. The van der Waals surface area contributed by atoms with Crippen molar-refractivity contribution in [3.63, 3.8) is 0 Å². The Hall–Kier alpha value is -2.54. The van der Waals surface area contributed by atoms with Crippen LogP contribution < -0.4 is 15.0 Å². The van der Waals surface area contributed by atoms with Crippen molar-refractivity contribution in [3.05, 3.63) is 58.7 Å². The van der Waals surface area contributed by atoms with Gasteiger partial charge in [-0.05, 0) is 57.4 Å². The number of nitrogens with one attached hydrogen (secondary N) is 1. The van der Waals surface area contributed by atoms with E-state index in [1.807, 2.05) is 51.1 Å². The van der Waals surface area contributed by atoms with Gasteiger partial charge in [0.1, 0.15) is 16.9 Å². The zero-order chi connectivity index (χ0) is 21.9. The van der Waals surface area contributed by atoms with Gasteiger partial charge in [-0.2, -0.15) is 0 Å². The number of methoxy groups -OCH3 is 1. The second-order valence-electron chi connectivity index (χ2n) is 8.34. The predicted octanol–water partition coefficient (Wildman–Crippen LogP) is 4.99. The van der Waals surface area contributed by atoms with Crippen LogP contribution in [-0.4, -0.2) is 30.3 Å². The molecule has 0 bridgehead atoms. The molecular formula is C23H27BrN2O4. The average molecular weight is 475 g/mol. The summed E-state index contributed by atoms with van der Waals surface area (Å²) in [6.45, 7) is 5.44. The van der Waals surface area contributed by atoms with Crippen LogP contribution in [0.3, 0.4) is 0 Å². The van der Waals surface area contributed by atoms with E-state index in [1.165, 1.54) is 4.90 Å². The highest BCUT2D eigenvalue weighted by Crippen LogP contribution is 2.44. The smallest absolute Gasteiger partial charge is 0.415 e. The first-order valence-electron chi connectivity index (χ1n) is 9.86. The Morgan fingerprint density at radius 3 is 2.77 bits per heavy atom. The molecule has 160 valence electrons. The number of benzene rings is 1. The molecule has 1 atom stereocenters. The molecule has 7 heteroatoms. The fourth-order valence-corrected chi connectivity index (χ4v) is 4.04. The highest BCUT2D eigenvalue weighted by molar-refractivity contribution is 9.11. The summed E-state index contributed by atoms with van der Waals surface area (Å²) in [6.07, 6.45) is 10.0. The number of hydrogen-bond donors (Lipinski definition) is 1. The van der Waals surface area contributed by atoms with Crippen molar-refractivity contribution < 1.29 is 19.1 Å². The molecule has 0 fully saturated rings. The van der Waals surface area contributed by atoms with Crippen LogP contribution in [0.5, 0.6) is 5.75 Å². The minimum Gasteiger partial charge on any atom is -0.497 e. The van der Waals surface area contributed by atoms with E-state index in [4.69, 9.17) is 9.47 Å². The van der Waals surface area contributed by atoms with Crippen molar-refractivity contribution in [2.75, 3.05) is 12.0 Å². The summed E-state index contributed by atoms with van der Waals surface area (Å²) >= 11 is 3.47. The second kappa shape index (κ2) is 8.68. The predicted molar refractivity (Wildman–Crippen MR) is 121 cm³/mol. The number of hydrogen-bond acceptors (Lipinski definition) is 4. The number of allylic oxidation sites excluding steroid dienone is 5. The molecule has 1 unspecified atom stereocenters. The van der Waals surface area contributed by atoms with Gasteiger partial charge < -0.3 is 14.8 Å². The van der Waals surface area contributed by atoms with Crippen LogP contribution in [0.1, 0.15) is 39.2 Å². The molecule has 0 radical (unpaired) electrons. The van der Waals surface area contributed by atoms with E-state index in [-0.39, 0.29) is 5.91 Å². The molecule has 2 heterocycles. The Balaban J connectivity index is 2.10. The van der Waals surface area contributed by atoms with Crippen LogP contribution >= 0.6 is 15.9 Å². The van der Waals surface area contributed by atoms with E-state index >= 15 is 0 Å². The maximum absolute atomic E-state index is 13.5. The summed E-state index contributed by atoms with van der Waals surface area (Å²) in [7, 11) is 1.57. The van der Waals surface area contributed by atoms with E-state index in [0.29, 0.717) is 30.7 Å². The van der Waals surface area contributed by atoms with Crippen LogP contribution in [-0.2, 0) is 16.0 Å². The highest BCUT2D eigenvalue weighted by Gasteiger charge is 2.53. The third-order valence-corrected chi connectivity index (χ3v) is 5.54. The molecule has 1 N–H and O–H groups in total. The molecular weight excluding hydrogens is 448 g/mol. The van der Waals surface area contributed by atoms with Gasteiger partial charge in [-0.25, -0.2) is 4.79 Å². The summed E-state index contributed by atoms with van der Waals surface area (Å²) in [5, 5.41) is 2.85. The van der Waals surface area contributed by atoms with Gasteiger partial charge in [0.05, 0.1) is 12.8 Å². The summed E-state index contributed by atoms with van der Waals surface area (Å²) in [5.41, 5.74) is -0.263. The van der Waals surface area contributed by atoms with Gasteiger partial charge in [0.2, 0.25) is 0 Å². The Labute approximate surface area is 185 Å². The zero-order valence-corrected chi connectivity index (χ0v) is 19.3. The largest absolute Gasteiger partial charge is 0.497 e. The highest BCUT2D eigenvalue weighted by atomic mass is 79.9. The number of fused-ring (bicyclic) bond motifs is 1. The van der Waals surface area contributed by atoms with E-state index < -0.39 is 17.2 Å². The van der Waals surface area contributed by atoms with Gasteiger partial charge in [0.15, 0.2) is 0 Å². The molecule has 2 aliphatic rings. The summed E-state index contributed by atoms with van der Waals surface area (Å²) < 4.78 is 12.0. The first-order valence-corrected chi connectivity index (χ1v) is 10.7. The van der Waals surface area contributed by atoms with Crippen LogP contribution in [0.2, 0.25) is 0 Å². The lowest BCUT2D eigenvalue weighted by molar-refractivity contribution is -0.125. The fourth-order valence-electron chi connectivity index (χ4n) is 3.70. The second-order valence-corrected chi connectivity index (χ2v) is 9.26. The van der Waals surface area contributed by atoms with Crippen molar-refractivity contribution in [1.82, 2.24) is 5.32 Å². The van der Waals surface area contributed by atoms with Gasteiger partial charge in [0, 0.05) is 23.2 Å². The Kier molecular flexibility index (Phi) is 6.41. The third-order valence-electron chi connectivity index (χ3n) is 5.01. The number of carbonyl (C=O) groups is 2. The van der Waals surface area contributed by atoms with Crippen molar-refractivity contribution in [2.45, 2.75) is 51.2 Å². The number of rotatable bonds is 1. The van der Waals surface area contributed by atoms with E-state index in [1.54, 1.807) is 25.5 Å². The molecule has 0 saturated carbocycles. The van der Waals surface area contributed by atoms with Crippen molar-refractivity contribution in [3.8, 4) is 5.75 Å². The van der Waals surface area contributed by atoms with E-state index in [0.717, 1.165) is 10.0 Å². The molecule has 1 aromatic rings. The molecule has 1 aromatic carbocycles. The SMILES string of the molecule is COc1ccc2c(c1)N(C(=O)OC(C)(C)C)C1(CC\C=C/C(Br)=C\C=C\NC1=O)C2. The lowest BCUT2D eigenvalue weighted by Gasteiger charge is -2.37. The third kappa shape index (κ3) is 4.61. The van der Waals surface area contributed by atoms with Gasteiger partial charge >= 0.3 is 6.09 Å². The molecule has 3 rings (SSSR count). The number of carbonyl (C=O) groups excluding carboxylic acids is 2. The maximum atomic E-state index is 13.5. The van der Waals surface area contributed by atoms with Gasteiger partial charge in [-0.1, -0.05) is 34.1 Å². The summed E-state index contributed by atoms with van der Waals surface area (Å²) in [6, 6.07) is 5.54. The maximum Gasteiger partial charge on any atom is 0.415 e. The van der Waals surface area contributed by atoms with Gasteiger partial charge in [-0.3, -0.25) is 9.69 Å². The number of halogens is 1. The van der Waals surface area contributed by atoms with Gasteiger partial charge in [0.25, 0.3) is 5.91 Å². The molecule has 6 nitrogen and oxygen atoms in total. The quantitative estimate of drug-likeness (QED) is 0.622.